The molecule has 63 heavy (non-hydrogen) atoms. The predicted molar refractivity (Wildman–Crippen MR) is 261 cm³/mol. The average molecular weight is 805 g/mol. The molecule has 1 unspecified atom stereocenters. The number of fused-ring (bicyclic) bond motifs is 9. The van der Waals surface area contributed by atoms with Gasteiger partial charge in [0, 0.05) is 55.5 Å². The monoisotopic (exact) mass is 804 g/mol. The number of aromatic nitrogens is 4. The molecule has 0 fully saturated rings. The molecule has 4 nitrogen and oxygen atoms in total. The fourth-order valence-electron chi connectivity index (χ4n) is 10.5. The Morgan fingerprint density at radius 2 is 0.968 bits per heavy atom. The van der Waals surface area contributed by atoms with Gasteiger partial charge in [-0.1, -0.05) is 152 Å². The topological polar surface area (TPSA) is 35.6 Å². The Morgan fingerprint density at radius 3 is 1.60 bits per heavy atom. The number of allylic oxidation sites excluding steroid dienone is 4. The zero-order chi connectivity index (χ0) is 41.4. The molecule has 0 aliphatic heterocycles. The van der Waals surface area contributed by atoms with E-state index in [0.717, 1.165) is 46.7 Å². The lowest BCUT2D eigenvalue weighted by molar-refractivity contribution is 0.817. The van der Waals surface area contributed by atoms with Crippen molar-refractivity contribution in [3.05, 3.63) is 229 Å². The van der Waals surface area contributed by atoms with Crippen LogP contribution in [0.4, 0.5) is 0 Å². The normalized spacial score (nSPS) is 14.6. The van der Waals surface area contributed by atoms with Gasteiger partial charge in [-0.2, -0.15) is 0 Å². The van der Waals surface area contributed by atoms with Gasteiger partial charge in [-0.3, -0.25) is 0 Å². The Balaban J connectivity index is 0.941. The fraction of sp³-hybridized carbons (Fsp3) is 0.0508. The third kappa shape index (κ3) is 5.68. The van der Waals surface area contributed by atoms with Gasteiger partial charge in [0.25, 0.3) is 0 Å². The molecule has 0 bridgehead atoms. The van der Waals surface area contributed by atoms with Crippen molar-refractivity contribution >= 4 is 49.3 Å². The van der Waals surface area contributed by atoms with Gasteiger partial charge >= 0.3 is 0 Å². The van der Waals surface area contributed by atoms with E-state index in [1.807, 2.05) is 0 Å². The minimum atomic E-state index is 0.223. The van der Waals surface area contributed by atoms with Crippen molar-refractivity contribution < 1.29 is 0 Å². The molecule has 0 saturated carbocycles. The van der Waals surface area contributed by atoms with Gasteiger partial charge in [0.2, 0.25) is 0 Å². The van der Waals surface area contributed by atoms with Gasteiger partial charge in [-0.05, 0) is 101 Å². The summed E-state index contributed by atoms with van der Waals surface area (Å²) >= 11 is 0. The second-order valence-electron chi connectivity index (χ2n) is 16.9. The highest BCUT2D eigenvalue weighted by atomic mass is 15.0. The second kappa shape index (κ2) is 14.3. The summed E-state index contributed by atoms with van der Waals surface area (Å²) in [7, 11) is 0. The van der Waals surface area contributed by atoms with Crippen molar-refractivity contribution in [3.8, 4) is 50.7 Å². The highest BCUT2D eigenvalue weighted by Crippen LogP contribution is 2.50. The summed E-state index contributed by atoms with van der Waals surface area (Å²) in [6.45, 7) is 0. The molecule has 8 aromatic carbocycles. The lowest BCUT2D eigenvalue weighted by Crippen LogP contribution is -2.08. The Kier molecular flexibility index (Phi) is 8.07. The lowest BCUT2D eigenvalue weighted by atomic mass is 9.86. The molecule has 4 heteroatoms. The van der Waals surface area contributed by atoms with Gasteiger partial charge in [0.15, 0.2) is 5.82 Å². The number of hydrogen-bond acceptors (Lipinski definition) is 2. The van der Waals surface area contributed by atoms with Crippen LogP contribution in [0.15, 0.2) is 218 Å². The van der Waals surface area contributed by atoms with Crippen molar-refractivity contribution in [1.29, 1.82) is 0 Å². The van der Waals surface area contributed by atoms with Crippen molar-refractivity contribution in [1.82, 2.24) is 19.1 Å². The summed E-state index contributed by atoms with van der Waals surface area (Å²) in [5.41, 5.74) is 19.0. The molecule has 296 valence electrons. The highest BCUT2D eigenvalue weighted by Gasteiger charge is 2.34. The molecule has 2 aliphatic rings. The maximum absolute atomic E-state index is 5.29. The summed E-state index contributed by atoms with van der Waals surface area (Å²) in [5, 5.41) is 5.04. The van der Waals surface area contributed by atoms with E-state index in [9.17, 15) is 0 Å². The van der Waals surface area contributed by atoms with Crippen LogP contribution in [0.25, 0.3) is 100 Å². The van der Waals surface area contributed by atoms with Crippen molar-refractivity contribution in [3.63, 3.8) is 0 Å². The first-order chi connectivity index (χ1) is 31.2. The van der Waals surface area contributed by atoms with Gasteiger partial charge in [0.05, 0.1) is 33.5 Å². The van der Waals surface area contributed by atoms with Crippen LogP contribution in [0.1, 0.15) is 23.5 Å². The summed E-state index contributed by atoms with van der Waals surface area (Å²) < 4.78 is 4.90. The molecular weight excluding hydrogens is 765 g/mol. The lowest BCUT2D eigenvalue weighted by Gasteiger charge is -2.23. The Morgan fingerprint density at radius 1 is 0.429 bits per heavy atom. The van der Waals surface area contributed by atoms with Crippen LogP contribution >= 0.6 is 0 Å². The first kappa shape index (κ1) is 35.7. The van der Waals surface area contributed by atoms with Gasteiger partial charge < -0.3 is 9.13 Å². The second-order valence-corrected chi connectivity index (χ2v) is 16.9. The van der Waals surface area contributed by atoms with E-state index in [1.165, 1.54) is 82.8 Å². The van der Waals surface area contributed by atoms with Crippen LogP contribution < -0.4 is 0 Å². The molecule has 0 radical (unpaired) electrons. The number of benzene rings is 8. The van der Waals surface area contributed by atoms with Crippen molar-refractivity contribution in [2.75, 3.05) is 0 Å². The van der Waals surface area contributed by atoms with Gasteiger partial charge in [-0.25, -0.2) is 9.97 Å². The summed E-state index contributed by atoms with van der Waals surface area (Å²) in [4.78, 5) is 10.6. The van der Waals surface area contributed by atoms with Crippen molar-refractivity contribution in [2.24, 2.45) is 0 Å². The predicted octanol–water partition coefficient (Wildman–Crippen LogP) is 14.9. The fourth-order valence-corrected chi connectivity index (χ4v) is 10.5. The minimum absolute atomic E-state index is 0.223. The standard InChI is InChI=1S/C59H40N4/c1-4-16-38(17-5-1)51-37-52(39-18-6-2-7-19-39)61-59(60-51)47-26-14-20-42-36-50-46(58(42)47)25-15-29-55(50)63-54-28-13-11-24-45(54)49-35-41(31-33-57(49)63)40-30-32-56-48(34-40)44-23-10-12-27-53(44)62(56)43-21-8-3-9-22-43/h1-24,26-35,37,46H,25,36H2. The van der Waals surface area contributed by atoms with E-state index in [4.69, 9.17) is 9.97 Å². The van der Waals surface area contributed by atoms with Crippen LogP contribution in [0.3, 0.4) is 0 Å². The van der Waals surface area contributed by atoms with Crippen molar-refractivity contribution in [2.45, 2.75) is 18.8 Å². The van der Waals surface area contributed by atoms with Crippen LogP contribution in [-0.2, 0) is 6.42 Å². The molecule has 13 rings (SSSR count). The van der Waals surface area contributed by atoms with Crippen LogP contribution in [0.2, 0.25) is 0 Å². The van der Waals surface area contributed by atoms with E-state index < -0.39 is 0 Å². The number of para-hydroxylation sites is 3. The molecule has 1 atom stereocenters. The molecule has 2 aliphatic carbocycles. The molecule has 0 N–H and O–H groups in total. The zero-order valence-corrected chi connectivity index (χ0v) is 34.5. The van der Waals surface area contributed by atoms with Crippen LogP contribution in [0, 0.1) is 0 Å². The molecular formula is C59H40N4. The van der Waals surface area contributed by atoms with E-state index in [1.54, 1.807) is 0 Å². The Hall–Kier alpha value is -8.08. The molecule has 0 amide bonds. The first-order valence-electron chi connectivity index (χ1n) is 21.9. The summed E-state index contributed by atoms with van der Waals surface area (Å²) in [5.74, 6) is 0.997. The van der Waals surface area contributed by atoms with Gasteiger partial charge in [-0.15, -0.1) is 0 Å². The number of hydrogen-bond donors (Lipinski definition) is 0. The maximum atomic E-state index is 5.29. The molecule has 3 aromatic heterocycles. The summed E-state index contributed by atoms with van der Waals surface area (Å²) in [6.07, 6.45) is 6.58. The number of rotatable bonds is 6. The minimum Gasteiger partial charge on any atom is -0.309 e. The zero-order valence-electron chi connectivity index (χ0n) is 34.5. The van der Waals surface area contributed by atoms with Crippen LogP contribution in [0.5, 0.6) is 0 Å². The largest absolute Gasteiger partial charge is 0.309 e. The first-order valence-corrected chi connectivity index (χ1v) is 21.9. The molecule has 0 saturated heterocycles. The SMILES string of the molecule is C1=CC(n2c3ccccc3c3cc(-c4ccc5c(c4)c4ccccc4n5-c4ccccc4)ccc32)=C2Cc3cccc(-c4nc(-c5ccccc5)cc(-c5ccccc5)n4)c3C2C1. The van der Waals surface area contributed by atoms with Crippen LogP contribution in [-0.4, -0.2) is 19.1 Å². The number of nitrogens with zero attached hydrogens (tertiary/aromatic N) is 4. The van der Waals surface area contributed by atoms with E-state index >= 15 is 0 Å². The third-order valence-electron chi connectivity index (χ3n) is 13.4. The van der Waals surface area contributed by atoms with Gasteiger partial charge in [0.1, 0.15) is 0 Å². The van der Waals surface area contributed by atoms with E-state index in [2.05, 4.69) is 221 Å². The molecule has 11 aromatic rings. The van der Waals surface area contributed by atoms with E-state index in [0.29, 0.717) is 0 Å². The quantitative estimate of drug-likeness (QED) is 0.168. The summed E-state index contributed by atoms with van der Waals surface area (Å²) in [6, 6.07) is 72.2. The third-order valence-corrected chi connectivity index (χ3v) is 13.4. The Bertz CT molecular complexity index is 3610. The highest BCUT2D eigenvalue weighted by molar-refractivity contribution is 6.13. The molecule has 3 heterocycles. The van der Waals surface area contributed by atoms with E-state index in [-0.39, 0.29) is 5.92 Å². The Labute approximate surface area is 365 Å². The smallest absolute Gasteiger partial charge is 0.160 e. The average Bonchev–Trinajstić information content (AvgIpc) is 4.02. The molecule has 0 spiro atoms. The maximum Gasteiger partial charge on any atom is 0.160 e.